The third kappa shape index (κ3) is 2.52. The van der Waals surface area contributed by atoms with Gasteiger partial charge in [0.2, 0.25) is 0 Å². The largest absolute Gasteiger partial charge is 0.468 e. The van der Waals surface area contributed by atoms with Gasteiger partial charge in [-0.2, -0.15) is 11.8 Å². The summed E-state index contributed by atoms with van der Waals surface area (Å²) in [5.41, 5.74) is 0. The van der Waals surface area contributed by atoms with Crippen molar-refractivity contribution in [2.24, 2.45) is 0 Å². The lowest BCUT2D eigenvalue weighted by Crippen LogP contribution is -2.57. The van der Waals surface area contributed by atoms with Crippen molar-refractivity contribution in [3.63, 3.8) is 0 Å². The van der Waals surface area contributed by atoms with Gasteiger partial charge in [0.05, 0.1) is 18.6 Å². The first kappa shape index (κ1) is 12.2. The summed E-state index contributed by atoms with van der Waals surface area (Å²) in [7, 11) is -1.51. The van der Waals surface area contributed by atoms with Crippen LogP contribution in [0, 0.1) is 0 Å². The summed E-state index contributed by atoms with van der Waals surface area (Å²) in [5.74, 6) is 0.766. The molecule has 0 bridgehead atoms. The molecule has 2 heterocycles. The summed E-state index contributed by atoms with van der Waals surface area (Å²) in [6.07, 6.45) is 0.591. The highest BCUT2D eigenvalue weighted by Gasteiger charge is 2.39. The van der Waals surface area contributed by atoms with Crippen LogP contribution in [0.3, 0.4) is 0 Å². The summed E-state index contributed by atoms with van der Waals surface area (Å²) >= 11 is 1.56. The molecule has 0 aromatic carbocycles. The number of hydrogen-bond acceptors (Lipinski definition) is 6. The van der Waals surface area contributed by atoms with E-state index in [0.29, 0.717) is 12.2 Å². The molecular weight excluding hydrogens is 250 g/mol. The molecule has 0 spiro atoms. The standard InChI is InChI=1S/C9H15NO4S2/c1-14-9(11)7-4-15-8-5-16(12,13)3-2-6(8)10-7/h6-8,10H,2-5H2,1H3. The van der Waals surface area contributed by atoms with Crippen LogP contribution in [0.4, 0.5) is 0 Å². The van der Waals surface area contributed by atoms with Gasteiger partial charge in [0.1, 0.15) is 6.04 Å². The molecule has 7 heteroatoms. The Morgan fingerprint density at radius 1 is 1.50 bits per heavy atom. The number of rotatable bonds is 1. The average Bonchev–Trinajstić information content (AvgIpc) is 2.26. The second-order valence-corrected chi connectivity index (χ2v) is 7.62. The van der Waals surface area contributed by atoms with Crippen LogP contribution in [-0.2, 0) is 19.4 Å². The maximum atomic E-state index is 11.4. The number of fused-ring (bicyclic) bond motifs is 1. The minimum Gasteiger partial charge on any atom is -0.468 e. The van der Waals surface area contributed by atoms with Crippen molar-refractivity contribution in [2.75, 3.05) is 24.4 Å². The fourth-order valence-electron chi connectivity index (χ4n) is 2.10. The van der Waals surface area contributed by atoms with Crippen molar-refractivity contribution in [1.29, 1.82) is 0 Å². The van der Waals surface area contributed by atoms with E-state index in [4.69, 9.17) is 0 Å². The molecule has 2 fully saturated rings. The number of hydrogen-bond donors (Lipinski definition) is 1. The Hall–Kier alpha value is -0.270. The van der Waals surface area contributed by atoms with Crippen molar-refractivity contribution in [3.05, 3.63) is 0 Å². The van der Waals surface area contributed by atoms with E-state index in [9.17, 15) is 13.2 Å². The third-order valence-electron chi connectivity index (χ3n) is 2.98. The molecule has 0 amide bonds. The van der Waals surface area contributed by atoms with Gasteiger partial charge in [-0.05, 0) is 6.42 Å². The molecule has 2 saturated heterocycles. The zero-order valence-electron chi connectivity index (χ0n) is 9.01. The predicted octanol–water partition coefficient (Wildman–Crippen LogP) is -0.580. The van der Waals surface area contributed by atoms with E-state index in [1.54, 1.807) is 11.8 Å². The average molecular weight is 265 g/mol. The van der Waals surface area contributed by atoms with E-state index in [1.807, 2.05) is 0 Å². The number of thioether (sulfide) groups is 1. The number of esters is 1. The van der Waals surface area contributed by atoms with Crippen molar-refractivity contribution < 1.29 is 17.9 Å². The van der Waals surface area contributed by atoms with Gasteiger partial charge in [-0.25, -0.2) is 8.42 Å². The number of sulfone groups is 1. The number of ether oxygens (including phenoxy) is 1. The lowest BCUT2D eigenvalue weighted by atomic mass is 10.1. The minimum atomic E-state index is -2.87. The van der Waals surface area contributed by atoms with Crippen LogP contribution >= 0.6 is 11.8 Å². The Kier molecular flexibility index (Phi) is 3.46. The van der Waals surface area contributed by atoms with Gasteiger partial charge in [-0.1, -0.05) is 0 Å². The van der Waals surface area contributed by atoms with Crippen LogP contribution in [0.25, 0.3) is 0 Å². The Balaban J connectivity index is 2.00. The molecule has 0 aliphatic carbocycles. The number of carbonyl (C=O) groups excluding carboxylic acids is 1. The molecule has 3 atom stereocenters. The highest BCUT2D eigenvalue weighted by Crippen LogP contribution is 2.29. The first-order chi connectivity index (χ1) is 7.52. The molecule has 16 heavy (non-hydrogen) atoms. The summed E-state index contributed by atoms with van der Waals surface area (Å²) < 4.78 is 27.6. The summed E-state index contributed by atoms with van der Waals surface area (Å²) in [5, 5.41) is 3.27. The van der Waals surface area contributed by atoms with Gasteiger partial charge in [-0.3, -0.25) is 10.1 Å². The quantitative estimate of drug-likeness (QED) is 0.640. The lowest BCUT2D eigenvalue weighted by molar-refractivity contribution is -0.142. The zero-order valence-corrected chi connectivity index (χ0v) is 10.6. The van der Waals surface area contributed by atoms with Crippen LogP contribution in [0.1, 0.15) is 6.42 Å². The smallest absolute Gasteiger partial charge is 0.323 e. The Labute approximate surface area is 99.2 Å². The number of nitrogens with one attached hydrogen (secondary N) is 1. The molecule has 0 aromatic rings. The van der Waals surface area contributed by atoms with Crippen LogP contribution in [-0.4, -0.2) is 56.1 Å². The summed E-state index contributed by atoms with van der Waals surface area (Å²) in [6, 6.07) is -0.177. The fraction of sp³-hybridized carbons (Fsp3) is 0.889. The predicted molar refractivity (Wildman–Crippen MR) is 62.2 cm³/mol. The van der Waals surface area contributed by atoms with E-state index >= 15 is 0 Å². The molecule has 92 valence electrons. The third-order valence-corrected chi connectivity index (χ3v) is 6.37. The molecule has 0 saturated carbocycles. The van der Waals surface area contributed by atoms with Gasteiger partial charge < -0.3 is 4.74 Å². The minimum absolute atomic E-state index is 0.0830. The Morgan fingerprint density at radius 3 is 2.94 bits per heavy atom. The SMILES string of the molecule is COC(=O)C1CSC2CS(=O)(=O)CCC2N1. The molecule has 2 rings (SSSR count). The molecule has 0 aromatic heterocycles. The van der Waals surface area contributed by atoms with Gasteiger partial charge in [-0.15, -0.1) is 0 Å². The van der Waals surface area contributed by atoms with Crippen LogP contribution < -0.4 is 5.32 Å². The van der Waals surface area contributed by atoms with E-state index in [2.05, 4.69) is 10.1 Å². The first-order valence-corrected chi connectivity index (χ1v) is 8.05. The first-order valence-electron chi connectivity index (χ1n) is 5.18. The van der Waals surface area contributed by atoms with Crippen LogP contribution in [0.15, 0.2) is 0 Å². The highest BCUT2D eigenvalue weighted by molar-refractivity contribution is 8.01. The molecule has 1 N–H and O–H groups in total. The topological polar surface area (TPSA) is 72.5 Å². The lowest BCUT2D eigenvalue weighted by Gasteiger charge is -2.38. The van der Waals surface area contributed by atoms with E-state index < -0.39 is 9.84 Å². The number of methoxy groups -OCH3 is 1. The number of carbonyl (C=O) groups is 1. The maximum absolute atomic E-state index is 11.4. The van der Waals surface area contributed by atoms with Crippen LogP contribution in [0.2, 0.25) is 0 Å². The molecule has 3 unspecified atom stereocenters. The van der Waals surface area contributed by atoms with Gasteiger partial charge in [0.25, 0.3) is 0 Å². The molecule has 0 radical (unpaired) electrons. The fourth-order valence-corrected chi connectivity index (χ4v) is 5.74. The normalized spacial score (nSPS) is 37.4. The van der Waals surface area contributed by atoms with Gasteiger partial charge in [0.15, 0.2) is 9.84 Å². The van der Waals surface area contributed by atoms with Gasteiger partial charge in [0, 0.05) is 17.0 Å². The Bertz CT molecular complexity index is 381. The second kappa shape index (κ2) is 4.54. The maximum Gasteiger partial charge on any atom is 0.323 e. The molecular formula is C9H15NO4S2. The molecule has 2 aliphatic heterocycles. The van der Waals surface area contributed by atoms with Crippen molar-refractivity contribution in [2.45, 2.75) is 23.8 Å². The van der Waals surface area contributed by atoms with E-state index in [-0.39, 0.29) is 34.8 Å². The summed E-state index contributed by atoms with van der Waals surface area (Å²) in [4.78, 5) is 11.4. The molecule has 5 nitrogen and oxygen atoms in total. The van der Waals surface area contributed by atoms with Crippen molar-refractivity contribution >= 4 is 27.6 Å². The molecule has 2 aliphatic rings. The second-order valence-electron chi connectivity index (χ2n) is 4.12. The Morgan fingerprint density at radius 2 is 2.25 bits per heavy atom. The highest BCUT2D eigenvalue weighted by atomic mass is 32.2. The van der Waals surface area contributed by atoms with Crippen LogP contribution in [0.5, 0.6) is 0 Å². The van der Waals surface area contributed by atoms with E-state index in [1.165, 1.54) is 7.11 Å². The van der Waals surface area contributed by atoms with Crippen molar-refractivity contribution in [1.82, 2.24) is 5.32 Å². The summed E-state index contributed by atoms with van der Waals surface area (Å²) in [6.45, 7) is 0. The van der Waals surface area contributed by atoms with Gasteiger partial charge >= 0.3 is 5.97 Å². The monoisotopic (exact) mass is 265 g/mol. The van der Waals surface area contributed by atoms with Crippen molar-refractivity contribution in [3.8, 4) is 0 Å². The zero-order chi connectivity index (χ0) is 11.8. The van der Waals surface area contributed by atoms with E-state index in [0.717, 1.165) is 0 Å².